The normalized spacial score (nSPS) is 13.7. The molecule has 7 heavy (non-hydrogen) atoms. The van der Waals surface area contributed by atoms with Gasteiger partial charge in [0.25, 0.3) is 7.63 Å². The zero-order valence-corrected chi connectivity index (χ0v) is 8.30. The number of hydrogen-bond donors (Lipinski definition) is 0. The van der Waals surface area contributed by atoms with Crippen LogP contribution in [0.5, 0.6) is 0 Å². The van der Waals surface area contributed by atoms with E-state index in [4.69, 9.17) is 26.3 Å². The number of rotatable bonds is 2. The molecular formula is C2H8Cl2OSi2. The van der Waals surface area contributed by atoms with Gasteiger partial charge in [-0.05, 0) is 13.1 Å². The van der Waals surface area contributed by atoms with Crippen molar-refractivity contribution in [2.24, 2.45) is 0 Å². The van der Waals surface area contributed by atoms with Crippen molar-refractivity contribution >= 4 is 38.9 Å². The lowest BCUT2D eigenvalue weighted by molar-refractivity contribution is 0.631. The van der Waals surface area contributed by atoms with Crippen molar-refractivity contribution in [1.29, 1.82) is 0 Å². The van der Waals surface area contributed by atoms with E-state index in [1.807, 2.05) is 13.1 Å². The van der Waals surface area contributed by atoms with E-state index in [-0.39, 0.29) is 0 Å². The summed E-state index contributed by atoms with van der Waals surface area (Å²) in [5, 5.41) is 0. The Bertz CT molecular complexity index is 52.1. The highest BCUT2D eigenvalue weighted by Crippen LogP contribution is 2.07. The van der Waals surface area contributed by atoms with Gasteiger partial charge in [-0.25, -0.2) is 0 Å². The van der Waals surface area contributed by atoms with E-state index in [9.17, 15) is 0 Å². The van der Waals surface area contributed by atoms with E-state index in [1.54, 1.807) is 0 Å². The second kappa shape index (κ2) is 3.09. The molecule has 0 heterocycles. The summed E-state index contributed by atoms with van der Waals surface area (Å²) in [6.45, 7) is 3.81. The van der Waals surface area contributed by atoms with E-state index in [0.717, 1.165) is 0 Å². The Hall–Kier alpha value is 0.974. The molecule has 0 aliphatic rings. The first-order valence-corrected chi connectivity index (χ1v) is 8.58. The van der Waals surface area contributed by atoms with E-state index >= 15 is 0 Å². The Balaban J connectivity index is 3.15. The van der Waals surface area contributed by atoms with Crippen molar-refractivity contribution in [3.63, 3.8) is 0 Å². The van der Waals surface area contributed by atoms with Crippen LogP contribution in [0.4, 0.5) is 0 Å². The van der Waals surface area contributed by atoms with Crippen LogP contribution in [0.2, 0.25) is 13.1 Å². The molecule has 0 aliphatic heterocycles. The molecule has 0 atom stereocenters. The van der Waals surface area contributed by atoms with Crippen LogP contribution in [-0.4, -0.2) is 16.7 Å². The maximum atomic E-state index is 5.70. The third-order valence-electron chi connectivity index (χ3n) is 0.398. The summed E-state index contributed by atoms with van der Waals surface area (Å²) < 4.78 is 5.04. The summed E-state index contributed by atoms with van der Waals surface area (Å²) >= 11 is 11.1. The van der Waals surface area contributed by atoms with Gasteiger partial charge in [-0.2, -0.15) is 0 Å². The van der Waals surface area contributed by atoms with E-state index in [1.165, 1.54) is 0 Å². The number of hydrogen-bond acceptors (Lipinski definition) is 1. The molecule has 0 saturated heterocycles. The van der Waals surface area contributed by atoms with Gasteiger partial charge in [0.15, 0.2) is 0 Å². The molecule has 0 N–H and O–H groups in total. The van der Waals surface area contributed by atoms with Crippen molar-refractivity contribution in [2.45, 2.75) is 13.1 Å². The molecule has 0 aromatic rings. The van der Waals surface area contributed by atoms with Gasteiger partial charge in [-0.1, -0.05) is 0 Å². The van der Waals surface area contributed by atoms with E-state index in [2.05, 4.69) is 0 Å². The summed E-state index contributed by atoms with van der Waals surface area (Å²) in [6.07, 6.45) is 0. The monoisotopic (exact) mass is 174 g/mol. The van der Waals surface area contributed by atoms with Crippen LogP contribution in [0, 0.1) is 0 Å². The molecule has 0 spiro atoms. The van der Waals surface area contributed by atoms with Gasteiger partial charge in [-0.3, -0.25) is 0 Å². The fraction of sp³-hybridized carbons (Fsp3) is 1.00. The summed E-state index contributed by atoms with van der Waals surface area (Å²) in [4.78, 5) is 0. The standard InChI is InChI=1S/C2H8Cl2OSi2/c1-7(2,4)5-6-3/h6H2,1-2H3. The van der Waals surface area contributed by atoms with Crippen LogP contribution in [0.1, 0.15) is 0 Å². The predicted octanol–water partition coefficient (Wildman–Crippen LogP) is 1.18. The largest absolute Gasteiger partial charge is 0.438 e. The smallest absolute Gasteiger partial charge is 0.274 e. The zero-order valence-electron chi connectivity index (χ0n) is 4.37. The summed E-state index contributed by atoms with van der Waals surface area (Å²) in [7, 11) is -2.54. The van der Waals surface area contributed by atoms with Crippen molar-refractivity contribution in [2.75, 3.05) is 0 Å². The fourth-order valence-corrected chi connectivity index (χ4v) is 4.62. The van der Waals surface area contributed by atoms with Gasteiger partial charge >= 0.3 is 0 Å². The van der Waals surface area contributed by atoms with Crippen LogP contribution < -0.4 is 0 Å². The molecule has 0 fully saturated rings. The lowest BCUT2D eigenvalue weighted by atomic mass is 11.9. The Kier molecular flexibility index (Phi) is 3.52. The molecule has 0 saturated carbocycles. The minimum atomic E-state index is -1.76. The van der Waals surface area contributed by atoms with Gasteiger partial charge in [0, 0.05) is 0 Å². The second-order valence-electron chi connectivity index (χ2n) is 1.62. The summed E-state index contributed by atoms with van der Waals surface area (Å²) in [5.41, 5.74) is 0. The Labute approximate surface area is 56.4 Å². The van der Waals surface area contributed by atoms with Crippen molar-refractivity contribution in [3.8, 4) is 0 Å². The third kappa shape index (κ3) is 6.97. The molecule has 0 amide bonds. The molecule has 0 bridgehead atoms. The topological polar surface area (TPSA) is 9.23 Å². The lowest BCUT2D eigenvalue weighted by Crippen LogP contribution is -2.22. The van der Waals surface area contributed by atoms with Gasteiger partial charge in [-0.15, -0.1) is 22.2 Å². The zero-order chi connectivity index (χ0) is 5.91. The maximum Gasteiger partial charge on any atom is 0.274 e. The number of halogens is 2. The quantitative estimate of drug-likeness (QED) is 0.452. The summed E-state index contributed by atoms with van der Waals surface area (Å²) in [5.74, 6) is 0. The third-order valence-corrected chi connectivity index (χ3v) is 5.54. The first-order chi connectivity index (χ1) is 3.06. The van der Waals surface area contributed by atoms with Crippen molar-refractivity contribution in [1.82, 2.24) is 0 Å². The molecule has 5 heteroatoms. The Morgan fingerprint density at radius 2 is 2.00 bits per heavy atom. The average molecular weight is 175 g/mol. The second-order valence-corrected chi connectivity index (χ2v) is 9.10. The first-order valence-electron chi connectivity index (χ1n) is 1.95. The first kappa shape index (κ1) is 7.97. The fourth-order valence-electron chi connectivity index (χ4n) is 0.130. The highest BCUT2D eigenvalue weighted by atomic mass is 35.6. The van der Waals surface area contributed by atoms with Crippen molar-refractivity contribution in [3.05, 3.63) is 0 Å². The van der Waals surface area contributed by atoms with Crippen LogP contribution in [0.15, 0.2) is 0 Å². The van der Waals surface area contributed by atoms with Crippen LogP contribution in [-0.2, 0) is 4.12 Å². The molecule has 0 unspecified atom stereocenters. The minimum Gasteiger partial charge on any atom is -0.438 e. The Morgan fingerprint density at radius 1 is 1.57 bits per heavy atom. The molecule has 1 nitrogen and oxygen atoms in total. The molecular weight excluding hydrogens is 167 g/mol. The van der Waals surface area contributed by atoms with Gasteiger partial charge < -0.3 is 4.12 Å². The summed E-state index contributed by atoms with van der Waals surface area (Å²) in [6, 6.07) is 0. The molecule has 0 radical (unpaired) electrons. The van der Waals surface area contributed by atoms with Crippen LogP contribution >= 0.6 is 22.2 Å². The van der Waals surface area contributed by atoms with Gasteiger partial charge in [0.05, 0.1) is 0 Å². The minimum absolute atomic E-state index is 0.788. The maximum absolute atomic E-state index is 5.70. The lowest BCUT2D eigenvalue weighted by Gasteiger charge is -2.10. The predicted molar refractivity (Wildman–Crippen MR) is 38.8 cm³/mol. The molecule has 0 aromatic carbocycles. The Morgan fingerprint density at radius 3 is 2.00 bits per heavy atom. The van der Waals surface area contributed by atoms with E-state index in [0.29, 0.717) is 0 Å². The van der Waals surface area contributed by atoms with Gasteiger partial charge in [0.2, 0.25) is 9.07 Å². The van der Waals surface area contributed by atoms with E-state index < -0.39 is 16.7 Å². The molecule has 0 aliphatic carbocycles. The van der Waals surface area contributed by atoms with Gasteiger partial charge in [0.1, 0.15) is 0 Å². The molecule has 44 valence electrons. The highest BCUT2D eigenvalue weighted by Gasteiger charge is 2.15. The van der Waals surface area contributed by atoms with Crippen LogP contribution in [0.3, 0.4) is 0 Å². The highest BCUT2D eigenvalue weighted by molar-refractivity contribution is 7.18. The van der Waals surface area contributed by atoms with Crippen LogP contribution in [0.25, 0.3) is 0 Å². The molecule has 0 aromatic heterocycles. The average Bonchev–Trinajstić information content (AvgIpc) is 1.30. The molecule has 0 rings (SSSR count). The van der Waals surface area contributed by atoms with Crippen molar-refractivity contribution < 1.29 is 4.12 Å². The SMILES string of the molecule is C[Si](C)(Cl)O[SiH2]Cl.